The number of anilines is 1. The second-order valence-corrected chi connectivity index (χ2v) is 5.31. The Labute approximate surface area is 113 Å². The van der Waals surface area contributed by atoms with Gasteiger partial charge in [0.15, 0.2) is 0 Å². The minimum atomic E-state index is -0.0586. The Kier molecular flexibility index (Phi) is 4.31. The summed E-state index contributed by atoms with van der Waals surface area (Å²) < 4.78 is 0. The van der Waals surface area contributed by atoms with Gasteiger partial charge in [-0.15, -0.1) is 0 Å². The maximum atomic E-state index is 12.2. The third kappa shape index (κ3) is 3.64. The maximum absolute atomic E-state index is 12.2. The number of carbonyl (C=O) groups is 1. The molecule has 0 bridgehead atoms. The first-order chi connectivity index (χ1) is 9.06. The Bertz CT molecular complexity index is 423. The summed E-state index contributed by atoms with van der Waals surface area (Å²) in [6.45, 7) is 8.85. The molecule has 1 fully saturated rings. The lowest BCUT2D eigenvalue weighted by molar-refractivity contribution is 0.0617. The first-order valence-electron chi connectivity index (χ1n) is 6.65. The lowest BCUT2D eigenvalue weighted by Crippen LogP contribution is -2.49. The van der Waals surface area contributed by atoms with E-state index in [-0.39, 0.29) is 5.91 Å². The maximum Gasteiger partial charge on any atom is 0.274 e. The monoisotopic (exact) mass is 263 g/mol. The number of amides is 1. The van der Waals surface area contributed by atoms with Crippen molar-refractivity contribution in [2.75, 3.05) is 38.5 Å². The van der Waals surface area contributed by atoms with Crippen molar-refractivity contribution < 1.29 is 4.79 Å². The van der Waals surface area contributed by atoms with Crippen molar-refractivity contribution in [3.05, 3.63) is 18.1 Å². The highest BCUT2D eigenvalue weighted by atomic mass is 16.2. The van der Waals surface area contributed by atoms with Crippen LogP contribution in [-0.2, 0) is 0 Å². The van der Waals surface area contributed by atoms with E-state index in [4.69, 9.17) is 5.73 Å². The fourth-order valence-electron chi connectivity index (χ4n) is 2.26. The van der Waals surface area contributed by atoms with Gasteiger partial charge in [-0.25, -0.2) is 9.97 Å². The molecule has 0 aliphatic carbocycles. The van der Waals surface area contributed by atoms with Crippen molar-refractivity contribution in [2.45, 2.75) is 13.8 Å². The van der Waals surface area contributed by atoms with Crippen LogP contribution in [0.2, 0.25) is 0 Å². The van der Waals surface area contributed by atoms with E-state index in [2.05, 4.69) is 28.7 Å². The molecule has 6 heteroatoms. The number of aromatic nitrogens is 2. The smallest absolute Gasteiger partial charge is 0.274 e. The summed E-state index contributed by atoms with van der Waals surface area (Å²) in [6.07, 6.45) is 2.86. The zero-order valence-corrected chi connectivity index (χ0v) is 11.5. The molecule has 0 unspecified atom stereocenters. The van der Waals surface area contributed by atoms with E-state index >= 15 is 0 Å². The van der Waals surface area contributed by atoms with Crippen LogP contribution in [0, 0.1) is 5.92 Å². The minimum Gasteiger partial charge on any atom is -0.382 e. The third-order valence-electron chi connectivity index (χ3n) is 3.17. The van der Waals surface area contributed by atoms with E-state index in [1.54, 1.807) is 0 Å². The molecule has 0 radical (unpaired) electrons. The summed E-state index contributed by atoms with van der Waals surface area (Å²) >= 11 is 0. The number of hydrogen-bond acceptors (Lipinski definition) is 5. The second-order valence-electron chi connectivity index (χ2n) is 5.31. The van der Waals surface area contributed by atoms with Crippen molar-refractivity contribution in [3.8, 4) is 0 Å². The van der Waals surface area contributed by atoms with Crippen LogP contribution >= 0.6 is 0 Å². The molecule has 19 heavy (non-hydrogen) atoms. The average Bonchev–Trinajstić information content (AvgIpc) is 2.39. The lowest BCUT2D eigenvalue weighted by atomic mass is 10.2. The normalized spacial score (nSPS) is 16.9. The van der Waals surface area contributed by atoms with E-state index in [1.807, 2.05) is 4.90 Å². The fourth-order valence-corrected chi connectivity index (χ4v) is 2.26. The number of carbonyl (C=O) groups excluding carboxylic acids is 1. The molecule has 1 aromatic heterocycles. The lowest BCUT2D eigenvalue weighted by Gasteiger charge is -2.35. The van der Waals surface area contributed by atoms with Gasteiger partial charge in [-0.05, 0) is 5.92 Å². The molecule has 2 rings (SSSR count). The van der Waals surface area contributed by atoms with Gasteiger partial charge in [0.1, 0.15) is 11.5 Å². The van der Waals surface area contributed by atoms with Gasteiger partial charge in [-0.3, -0.25) is 9.69 Å². The number of nitrogens with two attached hydrogens (primary N) is 1. The largest absolute Gasteiger partial charge is 0.382 e. The van der Waals surface area contributed by atoms with Gasteiger partial charge < -0.3 is 10.6 Å². The molecule has 1 aromatic rings. The predicted octanol–water partition coefficient (Wildman–Crippen LogP) is 0.473. The molecule has 1 amide bonds. The molecule has 0 saturated carbocycles. The Hall–Kier alpha value is -1.69. The quantitative estimate of drug-likeness (QED) is 0.858. The fraction of sp³-hybridized carbons (Fsp3) is 0.615. The Morgan fingerprint density at radius 1 is 1.26 bits per heavy atom. The van der Waals surface area contributed by atoms with E-state index in [0.717, 1.165) is 32.7 Å². The van der Waals surface area contributed by atoms with Crippen molar-refractivity contribution >= 4 is 11.7 Å². The topological polar surface area (TPSA) is 75.3 Å². The molecule has 104 valence electrons. The molecule has 2 N–H and O–H groups in total. The van der Waals surface area contributed by atoms with Crippen LogP contribution in [0.1, 0.15) is 24.3 Å². The minimum absolute atomic E-state index is 0.0586. The van der Waals surface area contributed by atoms with Crippen LogP contribution < -0.4 is 5.73 Å². The van der Waals surface area contributed by atoms with Crippen molar-refractivity contribution in [2.24, 2.45) is 5.92 Å². The van der Waals surface area contributed by atoms with Gasteiger partial charge in [-0.1, -0.05) is 13.8 Å². The summed E-state index contributed by atoms with van der Waals surface area (Å²) in [5, 5.41) is 0. The standard InChI is InChI=1S/C13H21N5O/c1-10(2)9-17-3-5-18(6-4-17)13(19)11-7-16-12(14)8-15-11/h7-8,10H,3-6,9H2,1-2H3,(H2,14,16). The molecule has 0 atom stereocenters. The highest BCUT2D eigenvalue weighted by molar-refractivity contribution is 5.92. The van der Waals surface area contributed by atoms with Crippen LogP contribution in [-0.4, -0.2) is 58.4 Å². The van der Waals surface area contributed by atoms with Gasteiger partial charge >= 0.3 is 0 Å². The number of rotatable bonds is 3. The summed E-state index contributed by atoms with van der Waals surface area (Å²) in [5.41, 5.74) is 5.83. The summed E-state index contributed by atoms with van der Waals surface area (Å²) in [7, 11) is 0. The van der Waals surface area contributed by atoms with Gasteiger partial charge in [0.05, 0.1) is 12.4 Å². The van der Waals surface area contributed by atoms with E-state index in [1.165, 1.54) is 12.4 Å². The van der Waals surface area contributed by atoms with Crippen LogP contribution in [0.3, 0.4) is 0 Å². The second kappa shape index (κ2) is 5.97. The van der Waals surface area contributed by atoms with Gasteiger partial charge in [-0.2, -0.15) is 0 Å². The van der Waals surface area contributed by atoms with Gasteiger partial charge in [0.2, 0.25) is 0 Å². The van der Waals surface area contributed by atoms with Crippen molar-refractivity contribution in [1.82, 2.24) is 19.8 Å². The Balaban J connectivity index is 1.90. The van der Waals surface area contributed by atoms with E-state index in [0.29, 0.717) is 17.4 Å². The SMILES string of the molecule is CC(C)CN1CCN(C(=O)c2cnc(N)cn2)CC1. The Morgan fingerprint density at radius 3 is 2.47 bits per heavy atom. The zero-order chi connectivity index (χ0) is 13.8. The third-order valence-corrected chi connectivity index (χ3v) is 3.17. The van der Waals surface area contributed by atoms with Crippen LogP contribution in [0.5, 0.6) is 0 Å². The number of nitrogens with zero attached hydrogens (tertiary/aromatic N) is 4. The van der Waals surface area contributed by atoms with Crippen molar-refractivity contribution in [1.29, 1.82) is 0 Å². The first kappa shape index (κ1) is 13.7. The first-order valence-corrected chi connectivity index (χ1v) is 6.65. The highest BCUT2D eigenvalue weighted by Crippen LogP contribution is 2.08. The summed E-state index contributed by atoms with van der Waals surface area (Å²) in [5.74, 6) is 0.931. The Morgan fingerprint density at radius 2 is 1.95 bits per heavy atom. The molecule has 0 aromatic carbocycles. The molecular formula is C13H21N5O. The molecule has 1 aliphatic rings. The molecule has 6 nitrogen and oxygen atoms in total. The zero-order valence-electron chi connectivity index (χ0n) is 11.5. The molecule has 1 saturated heterocycles. The van der Waals surface area contributed by atoms with E-state index in [9.17, 15) is 4.79 Å². The van der Waals surface area contributed by atoms with Crippen molar-refractivity contribution in [3.63, 3.8) is 0 Å². The number of nitrogen functional groups attached to an aromatic ring is 1. The predicted molar refractivity (Wildman–Crippen MR) is 73.6 cm³/mol. The van der Waals surface area contributed by atoms with Crippen LogP contribution in [0.25, 0.3) is 0 Å². The number of piperazine rings is 1. The molecular weight excluding hydrogens is 242 g/mol. The van der Waals surface area contributed by atoms with Crippen LogP contribution in [0.15, 0.2) is 12.4 Å². The van der Waals surface area contributed by atoms with Gasteiger partial charge in [0, 0.05) is 32.7 Å². The molecule has 1 aliphatic heterocycles. The average molecular weight is 263 g/mol. The number of hydrogen-bond donors (Lipinski definition) is 1. The van der Waals surface area contributed by atoms with Gasteiger partial charge in [0.25, 0.3) is 5.91 Å². The summed E-state index contributed by atoms with van der Waals surface area (Å²) in [6, 6.07) is 0. The molecule has 2 heterocycles. The highest BCUT2D eigenvalue weighted by Gasteiger charge is 2.23. The van der Waals surface area contributed by atoms with Crippen LogP contribution in [0.4, 0.5) is 5.82 Å². The van der Waals surface area contributed by atoms with E-state index < -0.39 is 0 Å². The summed E-state index contributed by atoms with van der Waals surface area (Å²) in [4.78, 5) is 24.4. The molecule has 0 spiro atoms.